The van der Waals surface area contributed by atoms with Crippen LogP contribution in [0.4, 0.5) is 0 Å². The zero-order valence-electron chi connectivity index (χ0n) is 19.7. The number of hydrogen-bond acceptors (Lipinski definition) is 7. The maximum Gasteiger partial charge on any atom is 0.198 e. The molecule has 1 saturated carbocycles. The van der Waals surface area contributed by atoms with Crippen LogP contribution in [-0.4, -0.2) is 30.2 Å². The molecule has 1 aromatic rings. The van der Waals surface area contributed by atoms with Crippen molar-refractivity contribution in [1.29, 1.82) is 5.26 Å². The van der Waals surface area contributed by atoms with Gasteiger partial charge in [0, 0.05) is 35.5 Å². The molecule has 37 heavy (non-hydrogen) atoms. The lowest BCUT2D eigenvalue weighted by molar-refractivity contribution is -0.681. The molecule has 0 amide bonds. The Balaban J connectivity index is 0.00000280. The van der Waals surface area contributed by atoms with Crippen molar-refractivity contribution in [2.75, 3.05) is 0 Å². The minimum absolute atomic E-state index is 0. The second kappa shape index (κ2) is 10.3. The topological polar surface area (TPSA) is 101 Å². The molecule has 1 aromatic carbocycles. The van der Waals surface area contributed by atoms with Crippen LogP contribution in [0.2, 0.25) is 0 Å². The van der Waals surface area contributed by atoms with E-state index in [0.717, 1.165) is 21.7 Å². The maximum absolute atomic E-state index is 12.9. The van der Waals surface area contributed by atoms with E-state index in [4.69, 9.17) is 9.47 Å². The largest absolute Gasteiger partial charge is 1.00 e. The van der Waals surface area contributed by atoms with Crippen LogP contribution < -0.4 is 26.8 Å². The lowest BCUT2D eigenvalue weighted by atomic mass is 9.80. The Kier molecular flexibility index (Phi) is 6.82. The second-order valence-corrected chi connectivity index (χ2v) is 8.87. The molecule has 1 N–H and O–H groups in total. The number of halogens is 1. The molecule has 3 aliphatic heterocycles. The Labute approximate surface area is 220 Å². The first kappa shape index (κ1) is 24.4. The Morgan fingerprint density at radius 1 is 1.14 bits per heavy atom. The summed E-state index contributed by atoms with van der Waals surface area (Å²) in [6.07, 6.45) is 17.3. The third-order valence-electron chi connectivity index (χ3n) is 6.56. The number of aliphatic imine (C=N–C) groups is 3. The van der Waals surface area contributed by atoms with Crippen molar-refractivity contribution < 1.29 is 31.6 Å². The van der Waals surface area contributed by atoms with Gasteiger partial charge in [-0.15, -0.1) is 0 Å². The number of nitriles is 1. The molecule has 4 bridgehead atoms. The average molecular weight is 512 g/mol. The normalized spacial score (nSPS) is 25.6. The van der Waals surface area contributed by atoms with E-state index in [2.05, 4.69) is 21.0 Å². The number of rotatable bonds is 0. The summed E-state index contributed by atoms with van der Waals surface area (Å²) < 4.78 is 12.7. The minimum atomic E-state index is -0.305. The number of ether oxygens (including phenoxy) is 2. The van der Waals surface area contributed by atoms with Gasteiger partial charge in [0.2, 0.25) is 0 Å². The quantitative estimate of drug-likeness (QED) is 0.535. The number of benzene rings is 1. The van der Waals surface area contributed by atoms with Crippen molar-refractivity contribution >= 4 is 24.0 Å². The SMILES string of the molecule is N#CC1=CC2=C3Oc4ccccc4OC4CCC(=C[NH+]5C=NC=C5C=NC=CN=C3C1C=C2)C(=O)C4.[Cl-]. The van der Waals surface area contributed by atoms with E-state index >= 15 is 0 Å². The van der Waals surface area contributed by atoms with Crippen molar-refractivity contribution in [3.63, 3.8) is 0 Å². The predicted octanol–water partition coefficient (Wildman–Crippen LogP) is 0.122. The molecule has 3 unspecified atom stereocenters. The fourth-order valence-corrected chi connectivity index (χ4v) is 4.74. The maximum atomic E-state index is 12.9. The van der Waals surface area contributed by atoms with E-state index in [0.29, 0.717) is 47.8 Å². The highest BCUT2D eigenvalue weighted by atomic mass is 35.5. The fraction of sp³-hybridized carbons (Fsp3) is 0.179. The molecular weight excluding hydrogens is 490 g/mol. The third-order valence-corrected chi connectivity index (χ3v) is 6.56. The molecule has 3 heterocycles. The third kappa shape index (κ3) is 4.75. The summed E-state index contributed by atoms with van der Waals surface area (Å²) in [4.78, 5) is 27.0. The number of para-hydroxylation sites is 2. The summed E-state index contributed by atoms with van der Waals surface area (Å²) in [5.74, 6) is 1.43. The summed E-state index contributed by atoms with van der Waals surface area (Å²) in [6, 6.07) is 9.69. The monoisotopic (exact) mass is 511 g/mol. The number of fused-ring (bicyclic) bond motifs is 4. The molecule has 0 aromatic heterocycles. The average Bonchev–Trinajstić information content (AvgIpc) is 3.34. The van der Waals surface area contributed by atoms with Crippen molar-refractivity contribution in [3.8, 4) is 17.6 Å². The highest BCUT2D eigenvalue weighted by molar-refractivity contribution is 6.08. The number of carbonyl (C=O) groups is 1. The van der Waals surface area contributed by atoms with Crippen LogP contribution in [0.1, 0.15) is 19.3 Å². The van der Waals surface area contributed by atoms with Gasteiger partial charge in [0.15, 0.2) is 35.1 Å². The summed E-state index contributed by atoms with van der Waals surface area (Å²) in [7, 11) is 0. The van der Waals surface area contributed by atoms with Crippen molar-refractivity contribution in [1.82, 2.24) is 0 Å². The van der Waals surface area contributed by atoms with Crippen LogP contribution in [0.3, 0.4) is 0 Å². The highest BCUT2D eigenvalue weighted by Crippen LogP contribution is 2.38. The van der Waals surface area contributed by atoms with E-state index < -0.39 is 0 Å². The number of nitrogens with zero attached hydrogens (tertiary/aromatic N) is 4. The van der Waals surface area contributed by atoms with E-state index in [-0.39, 0.29) is 30.2 Å². The van der Waals surface area contributed by atoms with Gasteiger partial charge in [0.05, 0.1) is 30.1 Å². The van der Waals surface area contributed by atoms with Crippen molar-refractivity contribution in [2.24, 2.45) is 20.9 Å². The van der Waals surface area contributed by atoms with Gasteiger partial charge < -0.3 is 21.9 Å². The molecular formula is C28H22ClN5O3. The Hall–Kier alpha value is -4.32. The number of Topliss-reactive ketones (excluding diaryl/α,β-unsaturated/α-hetero) is 1. The summed E-state index contributed by atoms with van der Waals surface area (Å²) in [6.45, 7) is 0. The number of ketones is 1. The van der Waals surface area contributed by atoms with Crippen LogP contribution in [-0.2, 0) is 4.79 Å². The molecule has 1 fully saturated rings. The first-order valence-electron chi connectivity index (χ1n) is 11.8. The van der Waals surface area contributed by atoms with E-state index in [1.165, 1.54) is 0 Å². The molecule has 0 radical (unpaired) electrons. The van der Waals surface area contributed by atoms with Gasteiger partial charge >= 0.3 is 0 Å². The fourth-order valence-electron chi connectivity index (χ4n) is 4.74. The van der Waals surface area contributed by atoms with Gasteiger partial charge in [-0.1, -0.05) is 24.3 Å². The van der Waals surface area contributed by atoms with Gasteiger partial charge in [-0.2, -0.15) is 5.26 Å². The Bertz CT molecular complexity index is 1470. The number of hydrogen-bond donors (Lipinski definition) is 1. The molecule has 184 valence electrons. The first-order valence-corrected chi connectivity index (χ1v) is 11.8. The number of quaternary nitrogens is 1. The van der Waals surface area contributed by atoms with Crippen LogP contribution in [0.15, 0.2) is 110 Å². The Morgan fingerprint density at radius 3 is 2.84 bits per heavy atom. The number of allylic oxidation sites excluding steroid dienone is 8. The summed E-state index contributed by atoms with van der Waals surface area (Å²) in [5, 5.41) is 9.63. The van der Waals surface area contributed by atoms with Crippen molar-refractivity contribution in [2.45, 2.75) is 25.4 Å². The number of nitrogens with one attached hydrogen (secondary N) is 1. The van der Waals surface area contributed by atoms with Gasteiger partial charge in [0.1, 0.15) is 12.3 Å². The molecule has 0 saturated heterocycles. The van der Waals surface area contributed by atoms with Crippen molar-refractivity contribution in [3.05, 3.63) is 95.5 Å². The zero-order valence-corrected chi connectivity index (χ0v) is 20.4. The van der Waals surface area contributed by atoms with Gasteiger partial charge in [-0.25, -0.2) is 9.89 Å². The van der Waals surface area contributed by atoms with E-state index in [1.54, 1.807) is 31.2 Å². The molecule has 8 rings (SSSR count). The second-order valence-electron chi connectivity index (χ2n) is 8.87. The van der Waals surface area contributed by atoms with E-state index in [9.17, 15) is 10.1 Å². The summed E-state index contributed by atoms with van der Waals surface area (Å²) >= 11 is 0. The molecule has 9 heteroatoms. The van der Waals surface area contributed by atoms with Gasteiger partial charge in [0.25, 0.3) is 0 Å². The van der Waals surface area contributed by atoms with E-state index in [1.807, 2.05) is 48.7 Å². The minimum Gasteiger partial charge on any atom is -1.00 e. The van der Waals surface area contributed by atoms with Crippen LogP contribution in [0, 0.1) is 17.2 Å². The van der Waals surface area contributed by atoms with Gasteiger partial charge in [-0.05, 0) is 31.1 Å². The lowest BCUT2D eigenvalue weighted by Crippen LogP contribution is -3.04. The highest BCUT2D eigenvalue weighted by Gasteiger charge is 2.34. The molecule has 7 aliphatic rings. The lowest BCUT2D eigenvalue weighted by Gasteiger charge is -2.29. The van der Waals surface area contributed by atoms with Gasteiger partial charge in [-0.3, -0.25) is 14.8 Å². The first-order chi connectivity index (χ1) is 17.7. The van der Waals surface area contributed by atoms with Crippen LogP contribution >= 0.6 is 0 Å². The molecule has 3 atom stereocenters. The Morgan fingerprint density at radius 2 is 2.00 bits per heavy atom. The smallest absolute Gasteiger partial charge is 0.198 e. The zero-order chi connectivity index (χ0) is 24.5. The standard InChI is InChI=1S/C28H21N5O3.ClH/c29-13-20-11-18-6-8-23(20)27-28(18)36-26-4-2-1-3-25(26)35-22-7-5-19(24(34)12-22)16-33-17-31-15-21(33)14-30-9-10-32-27;/h1-4,6,8-11,14-17,22-23H,5,7,12H2;1H. The molecule has 4 aliphatic carbocycles. The van der Waals surface area contributed by atoms with Crippen LogP contribution in [0.25, 0.3) is 0 Å². The predicted molar refractivity (Wildman–Crippen MR) is 134 cm³/mol. The molecule has 0 spiro atoms. The van der Waals surface area contributed by atoms with Crippen LogP contribution in [0.5, 0.6) is 11.5 Å². The summed E-state index contributed by atoms with van der Waals surface area (Å²) in [5.41, 5.74) is 3.60. The number of carbonyl (C=O) groups excluding carboxylic acids is 1. The molecule has 8 nitrogen and oxygen atoms in total.